The summed E-state index contributed by atoms with van der Waals surface area (Å²) in [5, 5.41) is 12.4. The summed E-state index contributed by atoms with van der Waals surface area (Å²) in [5.74, 6) is 1.11. The Morgan fingerprint density at radius 3 is 3.07 bits per heavy atom. The van der Waals surface area contributed by atoms with Gasteiger partial charge < -0.3 is 9.51 Å². The van der Waals surface area contributed by atoms with E-state index in [2.05, 4.69) is 15.1 Å². The van der Waals surface area contributed by atoms with E-state index >= 15 is 0 Å². The van der Waals surface area contributed by atoms with Crippen LogP contribution < -0.4 is 0 Å². The van der Waals surface area contributed by atoms with Crippen LogP contribution in [0.5, 0.6) is 0 Å². The molecule has 0 saturated heterocycles. The summed E-state index contributed by atoms with van der Waals surface area (Å²) in [6.07, 6.45) is 2.41. The van der Waals surface area contributed by atoms with Crippen molar-refractivity contribution >= 4 is 0 Å². The lowest BCUT2D eigenvalue weighted by molar-refractivity contribution is 0.423. The highest BCUT2D eigenvalue weighted by atomic mass is 16.5. The number of aryl methyl sites for hydroxylation is 1. The first-order chi connectivity index (χ1) is 6.83. The van der Waals surface area contributed by atoms with Crippen LogP contribution in [-0.2, 0) is 6.42 Å². The SMILES string of the molecule is CCc1noc(-c2c[nH]c(C#N)c2)n1. The molecule has 5 nitrogen and oxygen atoms in total. The predicted octanol–water partition coefficient (Wildman–Crippen LogP) is 1.50. The minimum absolute atomic E-state index is 0.444. The predicted molar refractivity (Wildman–Crippen MR) is 48.2 cm³/mol. The van der Waals surface area contributed by atoms with Crippen molar-refractivity contribution in [3.8, 4) is 17.5 Å². The van der Waals surface area contributed by atoms with Gasteiger partial charge in [-0.15, -0.1) is 0 Å². The second-order valence-corrected chi connectivity index (χ2v) is 2.78. The van der Waals surface area contributed by atoms with Crippen molar-refractivity contribution in [2.45, 2.75) is 13.3 Å². The third-order valence-corrected chi connectivity index (χ3v) is 1.83. The molecule has 2 aromatic heterocycles. The third-order valence-electron chi connectivity index (χ3n) is 1.83. The molecule has 0 radical (unpaired) electrons. The van der Waals surface area contributed by atoms with E-state index < -0.39 is 0 Å². The first-order valence-electron chi connectivity index (χ1n) is 4.25. The van der Waals surface area contributed by atoms with E-state index in [0.29, 0.717) is 17.4 Å². The largest absolute Gasteiger partial charge is 0.352 e. The highest BCUT2D eigenvalue weighted by Crippen LogP contribution is 2.17. The van der Waals surface area contributed by atoms with Gasteiger partial charge in [-0.25, -0.2) is 0 Å². The van der Waals surface area contributed by atoms with Crippen molar-refractivity contribution < 1.29 is 4.52 Å². The van der Waals surface area contributed by atoms with Crippen LogP contribution >= 0.6 is 0 Å². The number of H-pyrrole nitrogens is 1. The molecule has 0 atom stereocenters. The van der Waals surface area contributed by atoms with Gasteiger partial charge in [-0.3, -0.25) is 0 Å². The Morgan fingerprint density at radius 2 is 2.50 bits per heavy atom. The third kappa shape index (κ3) is 1.38. The van der Waals surface area contributed by atoms with Crippen molar-refractivity contribution in [2.75, 3.05) is 0 Å². The quantitative estimate of drug-likeness (QED) is 0.774. The average Bonchev–Trinajstić information content (AvgIpc) is 2.86. The molecule has 2 aromatic rings. The van der Waals surface area contributed by atoms with E-state index in [9.17, 15) is 0 Å². The van der Waals surface area contributed by atoms with Gasteiger partial charge in [0.1, 0.15) is 11.8 Å². The molecule has 5 heteroatoms. The maximum atomic E-state index is 8.60. The summed E-state index contributed by atoms with van der Waals surface area (Å²) in [6, 6.07) is 3.67. The Kier molecular flexibility index (Phi) is 2.03. The Labute approximate surface area is 80.4 Å². The summed E-state index contributed by atoms with van der Waals surface area (Å²) >= 11 is 0. The number of aromatic amines is 1. The zero-order chi connectivity index (χ0) is 9.97. The highest BCUT2D eigenvalue weighted by Gasteiger charge is 2.09. The van der Waals surface area contributed by atoms with Crippen molar-refractivity contribution in [2.24, 2.45) is 0 Å². The minimum Gasteiger partial charge on any atom is -0.352 e. The van der Waals surface area contributed by atoms with Crippen LogP contribution in [0.3, 0.4) is 0 Å². The number of rotatable bonds is 2. The fourth-order valence-corrected chi connectivity index (χ4v) is 1.10. The number of nitrogens with zero attached hydrogens (tertiary/aromatic N) is 3. The van der Waals surface area contributed by atoms with E-state index in [4.69, 9.17) is 9.78 Å². The summed E-state index contributed by atoms with van der Waals surface area (Å²) in [6.45, 7) is 1.95. The molecule has 1 N–H and O–H groups in total. The molecular formula is C9H8N4O. The molecule has 0 aliphatic carbocycles. The Balaban J connectivity index is 2.35. The fraction of sp³-hybridized carbons (Fsp3) is 0.222. The zero-order valence-electron chi connectivity index (χ0n) is 7.61. The molecule has 14 heavy (non-hydrogen) atoms. The van der Waals surface area contributed by atoms with Gasteiger partial charge in [0.05, 0.1) is 5.56 Å². The smallest absolute Gasteiger partial charge is 0.259 e. The van der Waals surface area contributed by atoms with Crippen molar-refractivity contribution in [1.82, 2.24) is 15.1 Å². The van der Waals surface area contributed by atoms with E-state index in [1.54, 1.807) is 12.3 Å². The molecule has 70 valence electrons. The maximum absolute atomic E-state index is 8.60. The maximum Gasteiger partial charge on any atom is 0.259 e. The summed E-state index contributed by atoms with van der Waals surface area (Å²) in [4.78, 5) is 6.93. The van der Waals surface area contributed by atoms with Gasteiger partial charge in [-0.05, 0) is 6.07 Å². The molecule has 0 spiro atoms. The van der Waals surface area contributed by atoms with Crippen LogP contribution in [-0.4, -0.2) is 15.1 Å². The summed E-state index contributed by atoms with van der Waals surface area (Å²) < 4.78 is 5.01. The minimum atomic E-state index is 0.444. The van der Waals surface area contributed by atoms with E-state index in [0.717, 1.165) is 12.0 Å². The van der Waals surface area contributed by atoms with E-state index in [1.165, 1.54) is 0 Å². The van der Waals surface area contributed by atoms with Gasteiger partial charge in [0, 0.05) is 12.6 Å². The average molecular weight is 188 g/mol. The molecule has 0 amide bonds. The van der Waals surface area contributed by atoms with Crippen LogP contribution in [0.1, 0.15) is 18.4 Å². The molecule has 0 unspecified atom stereocenters. The fourth-order valence-electron chi connectivity index (χ4n) is 1.10. The molecule has 0 aliphatic heterocycles. The van der Waals surface area contributed by atoms with E-state index in [-0.39, 0.29) is 0 Å². The number of nitrogens with one attached hydrogen (secondary N) is 1. The van der Waals surface area contributed by atoms with Crippen molar-refractivity contribution in [3.63, 3.8) is 0 Å². The molecule has 0 saturated carbocycles. The lowest BCUT2D eigenvalue weighted by Gasteiger charge is -1.82. The highest BCUT2D eigenvalue weighted by molar-refractivity contribution is 5.54. The summed E-state index contributed by atoms with van der Waals surface area (Å²) in [5.41, 5.74) is 1.23. The molecular weight excluding hydrogens is 180 g/mol. The van der Waals surface area contributed by atoms with Crippen LogP contribution in [0.25, 0.3) is 11.5 Å². The monoisotopic (exact) mass is 188 g/mol. The van der Waals surface area contributed by atoms with Gasteiger partial charge in [0.25, 0.3) is 5.89 Å². The molecule has 2 rings (SSSR count). The number of hydrogen-bond donors (Lipinski definition) is 1. The Hall–Kier alpha value is -2.09. The second kappa shape index (κ2) is 3.34. The van der Waals surface area contributed by atoms with Crippen LogP contribution in [0.15, 0.2) is 16.8 Å². The van der Waals surface area contributed by atoms with Gasteiger partial charge >= 0.3 is 0 Å². The Bertz CT molecular complexity index is 477. The molecule has 0 bridgehead atoms. The van der Waals surface area contributed by atoms with Crippen LogP contribution in [0.2, 0.25) is 0 Å². The second-order valence-electron chi connectivity index (χ2n) is 2.78. The molecule has 0 aliphatic rings. The van der Waals surface area contributed by atoms with Crippen molar-refractivity contribution in [3.05, 3.63) is 23.8 Å². The lowest BCUT2D eigenvalue weighted by Crippen LogP contribution is -1.81. The van der Waals surface area contributed by atoms with Gasteiger partial charge in [-0.2, -0.15) is 10.2 Å². The van der Waals surface area contributed by atoms with Gasteiger partial charge in [-0.1, -0.05) is 12.1 Å². The van der Waals surface area contributed by atoms with Gasteiger partial charge in [0.2, 0.25) is 0 Å². The van der Waals surface area contributed by atoms with Crippen LogP contribution in [0.4, 0.5) is 0 Å². The molecule has 2 heterocycles. The van der Waals surface area contributed by atoms with E-state index in [1.807, 2.05) is 13.0 Å². The molecule has 0 fully saturated rings. The standard InChI is InChI=1S/C9H8N4O/c1-2-8-12-9(14-13-8)6-3-7(4-10)11-5-6/h3,5,11H,2H2,1H3. The normalized spacial score (nSPS) is 10.0. The summed E-state index contributed by atoms with van der Waals surface area (Å²) in [7, 11) is 0. The number of nitriles is 1. The first-order valence-corrected chi connectivity index (χ1v) is 4.25. The number of hydrogen-bond acceptors (Lipinski definition) is 4. The van der Waals surface area contributed by atoms with Crippen molar-refractivity contribution in [1.29, 1.82) is 5.26 Å². The Morgan fingerprint density at radius 1 is 1.64 bits per heavy atom. The lowest BCUT2D eigenvalue weighted by atomic mass is 10.3. The van der Waals surface area contributed by atoms with Crippen LogP contribution in [0, 0.1) is 11.3 Å². The molecule has 0 aromatic carbocycles. The number of aromatic nitrogens is 3. The zero-order valence-corrected chi connectivity index (χ0v) is 7.61. The van der Waals surface area contributed by atoms with Gasteiger partial charge in [0.15, 0.2) is 5.82 Å². The topological polar surface area (TPSA) is 78.5 Å². The first kappa shape index (κ1) is 8.51.